The smallest absolute Gasteiger partial charge is 0.274 e. The lowest BCUT2D eigenvalue weighted by atomic mass is 9.98. The van der Waals surface area contributed by atoms with Crippen LogP contribution in [0.15, 0.2) is 16.9 Å². The van der Waals surface area contributed by atoms with Gasteiger partial charge in [-0.05, 0) is 45.6 Å². The van der Waals surface area contributed by atoms with Crippen molar-refractivity contribution in [3.63, 3.8) is 0 Å². The summed E-state index contributed by atoms with van der Waals surface area (Å²) in [5.41, 5.74) is 1.53. The number of likely N-dealkylation sites (tertiary alicyclic amines) is 1. The monoisotopic (exact) mass is 343 g/mol. The van der Waals surface area contributed by atoms with Crippen LogP contribution in [0.5, 0.6) is 0 Å². The van der Waals surface area contributed by atoms with E-state index in [4.69, 9.17) is 0 Å². The molecule has 3 rings (SSSR count). The molecule has 0 bridgehead atoms. The molecule has 1 amide bonds. The predicted molar refractivity (Wildman–Crippen MR) is 95.0 cm³/mol. The van der Waals surface area contributed by atoms with Gasteiger partial charge in [-0.15, -0.1) is 0 Å². The van der Waals surface area contributed by atoms with Crippen molar-refractivity contribution >= 4 is 5.91 Å². The van der Waals surface area contributed by atoms with Crippen molar-refractivity contribution < 1.29 is 4.79 Å². The van der Waals surface area contributed by atoms with E-state index in [1.165, 1.54) is 10.7 Å². The first kappa shape index (κ1) is 17.4. The highest BCUT2D eigenvalue weighted by atomic mass is 16.2. The van der Waals surface area contributed by atoms with Gasteiger partial charge < -0.3 is 4.90 Å². The number of aromatic amines is 1. The lowest BCUT2D eigenvalue weighted by Gasteiger charge is -2.35. The molecule has 3 heterocycles. The number of amides is 1. The molecule has 1 aliphatic rings. The van der Waals surface area contributed by atoms with E-state index in [1.54, 1.807) is 0 Å². The molecule has 0 aliphatic carbocycles. The Morgan fingerprint density at radius 1 is 1.24 bits per heavy atom. The minimum absolute atomic E-state index is 0.113. The second-order valence-electron chi connectivity index (χ2n) is 6.73. The zero-order valence-corrected chi connectivity index (χ0v) is 15.1. The molecular weight excluding hydrogens is 318 g/mol. The summed E-state index contributed by atoms with van der Waals surface area (Å²) in [5.74, 6) is 0.156. The van der Waals surface area contributed by atoms with E-state index in [9.17, 15) is 9.59 Å². The third-order valence-electron chi connectivity index (χ3n) is 4.63. The second kappa shape index (κ2) is 7.21. The molecule has 25 heavy (non-hydrogen) atoms. The molecule has 1 saturated heterocycles. The Morgan fingerprint density at radius 2 is 1.96 bits per heavy atom. The number of nitrogens with zero attached hydrogens (tertiary/aromatic N) is 4. The molecule has 0 spiro atoms. The highest BCUT2D eigenvalue weighted by molar-refractivity contribution is 5.92. The van der Waals surface area contributed by atoms with Crippen molar-refractivity contribution in [3.05, 3.63) is 39.6 Å². The van der Waals surface area contributed by atoms with E-state index >= 15 is 0 Å². The molecule has 1 aliphatic heterocycles. The van der Waals surface area contributed by atoms with Crippen molar-refractivity contribution in [2.24, 2.45) is 0 Å². The normalized spacial score (nSPS) is 17.7. The number of nitrogens with one attached hydrogen (secondary N) is 1. The summed E-state index contributed by atoms with van der Waals surface area (Å²) in [6.45, 7) is 6.58. The molecule has 0 radical (unpaired) electrons. The summed E-state index contributed by atoms with van der Waals surface area (Å²) < 4.78 is 1.24. The van der Waals surface area contributed by atoms with Gasteiger partial charge in [-0.2, -0.15) is 4.68 Å². The maximum absolute atomic E-state index is 12.9. The van der Waals surface area contributed by atoms with Crippen molar-refractivity contribution in [1.82, 2.24) is 24.6 Å². The summed E-state index contributed by atoms with van der Waals surface area (Å²) in [6, 6.07) is 3.45. The standard InChI is InChI=1S/C18H25N5O2/c1-4-7-14-8-5-6-9-22(14)17(25)15-11-16(24)23(21-15)18-19-12(2)10-13(3)20-18/h10-11,14,21H,4-9H2,1-3H3. The Kier molecular flexibility index (Phi) is 5.01. The molecule has 0 aromatic carbocycles. The predicted octanol–water partition coefficient (Wildman–Crippen LogP) is 2.37. The van der Waals surface area contributed by atoms with Crippen LogP contribution in [0.25, 0.3) is 5.95 Å². The number of carbonyl (C=O) groups excluding carboxylic acids is 1. The van der Waals surface area contributed by atoms with Gasteiger partial charge in [0.05, 0.1) is 0 Å². The highest BCUT2D eigenvalue weighted by Gasteiger charge is 2.28. The minimum atomic E-state index is -0.322. The van der Waals surface area contributed by atoms with Gasteiger partial charge >= 0.3 is 0 Å². The molecule has 1 fully saturated rings. The summed E-state index contributed by atoms with van der Waals surface area (Å²) >= 11 is 0. The summed E-state index contributed by atoms with van der Waals surface area (Å²) in [4.78, 5) is 35.7. The van der Waals surface area contributed by atoms with Gasteiger partial charge in [0.2, 0.25) is 0 Å². The molecule has 0 saturated carbocycles. The van der Waals surface area contributed by atoms with Gasteiger partial charge in [0.15, 0.2) is 0 Å². The Labute approximate surface area is 147 Å². The third kappa shape index (κ3) is 3.65. The molecule has 7 nitrogen and oxygen atoms in total. The Balaban J connectivity index is 1.91. The number of carbonyl (C=O) groups is 1. The van der Waals surface area contributed by atoms with E-state index in [2.05, 4.69) is 22.0 Å². The van der Waals surface area contributed by atoms with Crippen LogP contribution in [0.1, 0.15) is 60.9 Å². The Hall–Kier alpha value is -2.44. The van der Waals surface area contributed by atoms with Crippen LogP contribution in [-0.2, 0) is 0 Å². The summed E-state index contributed by atoms with van der Waals surface area (Å²) in [5, 5.41) is 2.90. The van der Waals surface area contributed by atoms with Crippen LogP contribution in [0.2, 0.25) is 0 Å². The van der Waals surface area contributed by atoms with Gasteiger partial charge in [0.1, 0.15) is 5.69 Å². The van der Waals surface area contributed by atoms with Crippen LogP contribution < -0.4 is 5.56 Å². The molecule has 134 valence electrons. The fraction of sp³-hybridized carbons (Fsp3) is 0.556. The average molecular weight is 343 g/mol. The number of rotatable bonds is 4. The molecule has 2 aromatic heterocycles. The average Bonchev–Trinajstić information content (AvgIpc) is 2.96. The van der Waals surface area contributed by atoms with Crippen molar-refractivity contribution in [1.29, 1.82) is 0 Å². The van der Waals surface area contributed by atoms with Crippen LogP contribution >= 0.6 is 0 Å². The largest absolute Gasteiger partial charge is 0.334 e. The molecular formula is C18H25N5O2. The topological polar surface area (TPSA) is 83.9 Å². The van der Waals surface area contributed by atoms with Crippen LogP contribution in [-0.4, -0.2) is 43.1 Å². The van der Waals surface area contributed by atoms with Crippen molar-refractivity contribution in [2.75, 3.05) is 6.54 Å². The first-order valence-electron chi connectivity index (χ1n) is 8.95. The summed E-state index contributed by atoms with van der Waals surface area (Å²) in [7, 11) is 0. The van der Waals surface area contributed by atoms with E-state index in [0.717, 1.165) is 50.0 Å². The lowest BCUT2D eigenvalue weighted by Crippen LogP contribution is -2.43. The molecule has 1 atom stereocenters. The number of hydrogen-bond acceptors (Lipinski definition) is 4. The number of piperidine rings is 1. The van der Waals surface area contributed by atoms with Crippen LogP contribution in [0.4, 0.5) is 0 Å². The molecule has 2 aromatic rings. The maximum Gasteiger partial charge on any atom is 0.274 e. The van der Waals surface area contributed by atoms with E-state index in [1.807, 2.05) is 24.8 Å². The summed E-state index contributed by atoms with van der Waals surface area (Å²) in [6.07, 6.45) is 5.24. The SMILES string of the molecule is CCCC1CCCCN1C(=O)c1cc(=O)n(-c2nc(C)cc(C)n2)[nH]1. The van der Waals surface area contributed by atoms with E-state index in [-0.39, 0.29) is 23.5 Å². The first-order chi connectivity index (χ1) is 12.0. The van der Waals surface area contributed by atoms with Crippen molar-refractivity contribution in [3.8, 4) is 5.95 Å². The second-order valence-corrected chi connectivity index (χ2v) is 6.73. The minimum Gasteiger partial charge on any atom is -0.334 e. The fourth-order valence-corrected chi connectivity index (χ4v) is 3.52. The first-order valence-corrected chi connectivity index (χ1v) is 8.95. The zero-order valence-electron chi connectivity index (χ0n) is 15.1. The lowest BCUT2D eigenvalue weighted by molar-refractivity contribution is 0.0594. The van der Waals surface area contributed by atoms with Gasteiger partial charge in [-0.1, -0.05) is 13.3 Å². The number of aryl methyl sites for hydroxylation is 2. The van der Waals surface area contributed by atoms with Gasteiger partial charge in [0.25, 0.3) is 17.4 Å². The molecule has 1 unspecified atom stereocenters. The quantitative estimate of drug-likeness (QED) is 0.924. The van der Waals surface area contributed by atoms with Gasteiger partial charge in [-0.25, -0.2) is 9.97 Å². The molecule has 7 heteroatoms. The van der Waals surface area contributed by atoms with E-state index in [0.29, 0.717) is 5.69 Å². The maximum atomic E-state index is 12.9. The van der Waals surface area contributed by atoms with Crippen LogP contribution in [0, 0.1) is 13.8 Å². The number of aromatic nitrogens is 4. The molecule has 1 N–H and O–H groups in total. The van der Waals surface area contributed by atoms with E-state index < -0.39 is 0 Å². The van der Waals surface area contributed by atoms with Crippen LogP contribution in [0.3, 0.4) is 0 Å². The van der Waals surface area contributed by atoms with Gasteiger partial charge in [0, 0.05) is 30.0 Å². The van der Waals surface area contributed by atoms with Gasteiger partial charge in [-0.3, -0.25) is 14.7 Å². The Morgan fingerprint density at radius 3 is 2.64 bits per heavy atom. The number of hydrogen-bond donors (Lipinski definition) is 1. The van der Waals surface area contributed by atoms with Crippen molar-refractivity contribution in [2.45, 2.75) is 58.9 Å². The Bertz CT molecular complexity index is 801. The zero-order chi connectivity index (χ0) is 18.0. The third-order valence-corrected chi connectivity index (χ3v) is 4.63. The number of H-pyrrole nitrogens is 1. The highest BCUT2D eigenvalue weighted by Crippen LogP contribution is 2.22. The fourth-order valence-electron chi connectivity index (χ4n) is 3.52.